The number of ketones is 2. The quantitative estimate of drug-likeness (QED) is 0.271. The first kappa shape index (κ1) is 33.8. The number of phenolic OH excluding ortho intramolecular Hbond substituents is 1. The molecule has 4 atom stereocenters. The Morgan fingerprint density at radius 2 is 1.75 bits per heavy atom. The van der Waals surface area contributed by atoms with E-state index in [1.807, 2.05) is 6.08 Å². The van der Waals surface area contributed by atoms with Gasteiger partial charge in [-0.05, 0) is 43.6 Å². The second-order valence-electron chi connectivity index (χ2n) is 13.4. The first-order valence-corrected chi connectivity index (χ1v) is 16.8. The smallest absolute Gasteiger partial charge is 0.347 e. The van der Waals surface area contributed by atoms with Gasteiger partial charge in [0, 0.05) is 49.5 Å². The molecule has 3 aliphatic rings. The molecular formula is C37H39N5O9. The van der Waals surface area contributed by atoms with Crippen molar-refractivity contribution in [3.8, 4) is 23.0 Å². The van der Waals surface area contributed by atoms with Gasteiger partial charge in [0.1, 0.15) is 5.69 Å². The Balaban J connectivity index is 1.31. The maximum absolute atomic E-state index is 14.2. The zero-order chi connectivity index (χ0) is 36.5. The molecule has 51 heavy (non-hydrogen) atoms. The molecule has 1 aliphatic heterocycles. The SMILES string of the molecule is CCOc1cccc(C2C3=CCn4c(=O)n(CCc5nc6cc(OC)c(OC)cc6n(C)c5=O)c(=O)n4C3CC3C(=O)C(C)=CC(=O)C32C)c1O. The average molecular weight is 698 g/mol. The predicted molar refractivity (Wildman–Crippen MR) is 186 cm³/mol. The van der Waals surface area contributed by atoms with Crippen molar-refractivity contribution in [3.05, 3.63) is 96.2 Å². The van der Waals surface area contributed by atoms with Crippen molar-refractivity contribution in [1.29, 1.82) is 0 Å². The zero-order valence-electron chi connectivity index (χ0n) is 29.3. The highest BCUT2D eigenvalue weighted by atomic mass is 16.5. The normalized spacial score (nSPS) is 22.5. The van der Waals surface area contributed by atoms with Gasteiger partial charge in [0.15, 0.2) is 34.6 Å². The fourth-order valence-electron chi connectivity index (χ4n) is 8.26. The number of hydrogen-bond donors (Lipinski definition) is 1. The summed E-state index contributed by atoms with van der Waals surface area (Å²) in [6.07, 6.45) is 3.27. The summed E-state index contributed by atoms with van der Waals surface area (Å²) >= 11 is 0. The number of methoxy groups -OCH3 is 2. The Labute approximate surface area is 291 Å². The lowest BCUT2D eigenvalue weighted by atomic mass is 9.51. The minimum atomic E-state index is -1.27. The number of hydrogen-bond acceptors (Lipinski definition) is 10. The van der Waals surface area contributed by atoms with Gasteiger partial charge in [-0.1, -0.05) is 25.1 Å². The fraction of sp³-hybridized carbons (Fsp3) is 0.405. The number of para-hydroxylation sites is 1. The van der Waals surface area contributed by atoms with Crippen LogP contribution in [0.4, 0.5) is 0 Å². The number of aromatic nitrogens is 5. The molecule has 1 N–H and O–H groups in total. The Hall–Kier alpha value is -5.66. The van der Waals surface area contributed by atoms with E-state index in [4.69, 9.17) is 14.2 Å². The third-order valence-electron chi connectivity index (χ3n) is 10.9. The van der Waals surface area contributed by atoms with Crippen molar-refractivity contribution in [2.45, 2.75) is 58.7 Å². The Morgan fingerprint density at radius 3 is 2.45 bits per heavy atom. The lowest BCUT2D eigenvalue weighted by Crippen LogP contribution is -2.54. The van der Waals surface area contributed by atoms with E-state index in [0.29, 0.717) is 45.8 Å². The summed E-state index contributed by atoms with van der Waals surface area (Å²) < 4.78 is 21.7. The number of allylic oxidation sites excluding steroid dienone is 4. The molecule has 0 saturated heterocycles. The molecule has 7 rings (SSSR count). The standard InChI is InChI=1S/C37H39N5O9/c1-7-51-27-10-8-9-21(33(27)45)31-20-11-14-41-35(47)40(36(48)42(41)25(20)16-22-32(44)19(2)15-30(43)37(22,31)3)13-12-23-34(46)39(4)26-18-29(50-6)28(49-5)17-24(26)38-23/h8-11,15,17-18,22,25,31,45H,7,12-14,16H2,1-6H3. The Bertz CT molecular complexity index is 2390. The maximum atomic E-state index is 14.2. The van der Waals surface area contributed by atoms with E-state index >= 15 is 0 Å². The molecule has 0 bridgehead atoms. The van der Waals surface area contributed by atoms with Gasteiger partial charge in [0.25, 0.3) is 5.56 Å². The number of carbonyl (C=O) groups excluding carboxylic acids is 2. The number of aryl methyl sites for hydroxylation is 2. The summed E-state index contributed by atoms with van der Waals surface area (Å²) in [5.74, 6) is -1.15. The highest BCUT2D eigenvalue weighted by Crippen LogP contribution is 2.61. The van der Waals surface area contributed by atoms with E-state index < -0.39 is 34.7 Å². The van der Waals surface area contributed by atoms with Crippen LogP contribution in [-0.2, 0) is 36.1 Å². The topological polar surface area (TPSA) is 166 Å². The van der Waals surface area contributed by atoms with Crippen LogP contribution in [0.15, 0.2) is 68.0 Å². The van der Waals surface area contributed by atoms with Crippen molar-refractivity contribution in [3.63, 3.8) is 0 Å². The van der Waals surface area contributed by atoms with E-state index in [-0.39, 0.29) is 60.2 Å². The molecule has 0 radical (unpaired) electrons. The van der Waals surface area contributed by atoms with Crippen molar-refractivity contribution in [2.75, 3.05) is 20.8 Å². The number of rotatable bonds is 8. The van der Waals surface area contributed by atoms with Crippen LogP contribution in [0.2, 0.25) is 0 Å². The van der Waals surface area contributed by atoms with Crippen molar-refractivity contribution in [1.82, 2.24) is 23.5 Å². The third-order valence-corrected chi connectivity index (χ3v) is 10.9. The number of nitrogens with zero attached hydrogens (tertiary/aromatic N) is 5. The van der Waals surface area contributed by atoms with Crippen LogP contribution in [0, 0.1) is 11.3 Å². The van der Waals surface area contributed by atoms with Crippen LogP contribution < -0.4 is 31.1 Å². The van der Waals surface area contributed by atoms with Crippen LogP contribution in [0.25, 0.3) is 11.0 Å². The molecule has 14 nitrogen and oxygen atoms in total. The minimum Gasteiger partial charge on any atom is -0.504 e. The summed E-state index contributed by atoms with van der Waals surface area (Å²) in [4.78, 5) is 73.8. The van der Waals surface area contributed by atoms with Crippen LogP contribution in [0.3, 0.4) is 0 Å². The van der Waals surface area contributed by atoms with Crippen LogP contribution >= 0.6 is 0 Å². The molecule has 2 aromatic carbocycles. The van der Waals surface area contributed by atoms with Crippen molar-refractivity contribution >= 4 is 22.6 Å². The number of aromatic hydroxyl groups is 1. The molecule has 14 heteroatoms. The molecule has 4 aromatic rings. The second-order valence-corrected chi connectivity index (χ2v) is 13.4. The largest absolute Gasteiger partial charge is 0.504 e. The van der Waals surface area contributed by atoms with Gasteiger partial charge in [-0.3, -0.25) is 14.4 Å². The van der Waals surface area contributed by atoms with Gasteiger partial charge in [-0.2, -0.15) is 0 Å². The minimum absolute atomic E-state index is 0.0144. The van der Waals surface area contributed by atoms with E-state index in [9.17, 15) is 29.1 Å². The van der Waals surface area contributed by atoms with E-state index in [1.54, 1.807) is 58.2 Å². The number of Topliss-reactive ketones (excluding diaryl/α,β-unsaturated/α-hetero) is 1. The molecular weight excluding hydrogens is 658 g/mol. The van der Waals surface area contributed by atoms with Gasteiger partial charge >= 0.3 is 11.4 Å². The van der Waals surface area contributed by atoms with E-state index in [0.717, 1.165) is 4.57 Å². The molecule has 2 aliphatic carbocycles. The number of carbonyl (C=O) groups is 2. The first-order chi connectivity index (χ1) is 24.4. The zero-order valence-corrected chi connectivity index (χ0v) is 29.3. The van der Waals surface area contributed by atoms with Crippen LogP contribution in [-0.4, -0.2) is 61.0 Å². The third kappa shape index (κ3) is 4.90. The first-order valence-electron chi connectivity index (χ1n) is 16.8. The van der Waals surface area contributed by atoms with Gasteiger partial charge < -0.3 is 23.9 Å². The summed E-state index contributed by atoms with van der Waals surface area (Å²) in [6, 6.07) is 7.60. The molecule has 4 unspecified atom stereocenters. The molecule has 1 fully saturated rings. The van der Waals surface area contributed by atoms with Crippen molar-refractivity contribution in [2.24, 2.45) is 18.4 Å². The number of ether oxygens (including phenoxy) is 3. The Kier molecular flexibility index (Phi) is 8.15. The number of benzene rings is 2. The lowest BCUT2D eigenvalue weighted by molar-refractivity contribution is -0.139. The summed E-state index contributed by atoms with van der Waals surface area (Å²) in [7, 11) is 4.60. The molecule has 2 aromatic heterocycles. The number of fused-ring (bicyclic) bond motifs is 5. The summed E-state index contributed by atoms with van der Waals surface area (Å²) in [5.41, 5.74) is -0.328. The highest BCUT2D eigenvalue weighted by Gasteiger charge is 2.59. The van der Waals surface area contributed by atoms with Gasteiger partial charge in [0.05, 0.1) is 49.9 Å². The molecule has 266 valence electrons. The van der Waals surface area contributed by atoms with Crippen LogP contribution in [0.1, 0.15) is 50.4 Å². The second kappa shape index (κ2) is 12.3. The average Bonchev–Trinajstić information content (AvgIpc) is 3.36. The molecule has 3 heterocycles. The van der Waals surface area contributed by atoms with Gasteiger partial charge in [-0.15, -0.1) is 0 Å². The highest BCUT2D eigenvalue weighted by molar-refractivity contribution is 6.13. The molecule has 0 amide bonds. The van der Waals surface area contributed by atoms with Crippen molar-refractivity contribution < 1.29 is 28.9 Å². The predicted octanol–water partition coefficient (Wildman–Crippen LogP) is 2.81. The molecule has 0 spiro atoms. The number of phenols is 1. The van der Waals surface area contributed by atoms with Gasteiger partial charge in [-0.25, -0.2) is 28.5 Å². The Morgan fingerprint density at radius 1 is 1.02 bits per heavy atom. The maximum Gasteiger partial charge on any atom is 0.347 e. The monoisotopic (exact) mass is 697 g/mol. The van der Waals surface area contributed by atoms with E-state index in [2.05, 4.69) is 4.98 Å². The lowest BCUT2D eigenvalue weighted by Gasteiger charge is -2.52. The van der Waals surface area contributed by atoms with Crippen LogP contribution in [0.5, 0.6) is 23.0 Å². The summed E-state index contributed by atoms with van der Waals surface area (Å²) in [5, 5.41) is 11.5. The summed E-state index contributed by atoms with van der Waals surface area (Å²) in [6.45, 7) is 5.32. The fourth-order valence-corrected chi connectivity index (χ4v) is 8.26. The van der Waals surface area contributed by atoms with E-state index in [1.165, 1.54) is 34.2 Å². The van der Waals surface area contributed by atoms with Gasteiger partial charge in [0.2, 0.25) is 0 Å². The molecule has 1 saturated carbocycles.